The second kappa shape index (κ2) is 13.3. The van der Waals surface area contributed by atoms with Crippen LogP contribution in [-0.4, -0.2) is 72.5 Å². The highest BCUT2D eigenvalue weighted by Gasteiger charge is 2.17. The number of anilines is 1. The number of hydrogen-bond donors (Lipinski definition) is 0. The van der Waals surface area contributed by atoms with Gasteiger partial charge in [-0.3, -0.25) is 0 Å². The van der Waals surface area contributed by atoms with Crippen molar-refractivity contribution in [2.24, 2.45) is 0 Å². The highest BCUT2D eigenvalue weighted by atomic mass is 32.2. The fourth-order valence-corrected chi connectivity index (χ4v) is 4.71. The van der Waals surface area contributed by atoms with Crippen LogP contribution in [0.1, 0.15) is 24.8 Å². The number of fused-ring (bicyclic) bond motifs is 1. The highest BCUT2D eigenvalue weighted by molar-refractivity contribution is 7.92. The molecule has 0 spiro atoms. The molecule has 8 nitrogen and oxygen atoms in total. The molecule has 0 aliphatic carbocycles. The van der Waals surface area contributed by atoms with E-state index in [1.54, 1.807) is 13.3 Å². The summed E-state index contributed by atoms with van der Waals surface area (Å²) in [5.41, 5.74) is 1.98. The Bertz CT molecular complexity index is 1090. The lowest BCUT2D eigenvalue weighted by Crippen LogP contribution is -2.29. The van der Waals surface area contributed by atoms with Gasteiger partial charge in [-0.15, -0.1) is 0 Å². The number of hydrogen-bond acceptors (Lipinski definition) is 7. The maximum atomic E-state index is 12.6. The lowest BCUT2D eigenvalue weighted by molar-refractivity contribution is 0.0242. The molecule has 2 aromatic carbocycles. The van der Waals surface area contributed by atoms with E-state index in [1.807, 2.05) is 18.2 Å². The number of sulfonamides is 1. The molecule has 0 unspecified atom stereocenters. The number of piperidine rings is 1. The summed E-state index contributed by atoms with van der Waals surface area (Å²) >= 11 is 0. The summed E-state index contributed by atoms with van der Waals surface area (Å²) in [7, 11) is -2.30. The second-order valence-corrected chi connectivity index (χ2v) is 9.82. The van der Waals surface area contributed by atoms with E-state index in [4.69, 9.17) is 14.2 Å². The average molecular weight is 488 g/mol. The minimum absolute atomic E-state index is 0.0573. The van der Waals surface area contributed by atoms with E-state index >= 15 is 0 Å². The summed E-state index contributed by atoms with van der Waals surface area (Å²) < 4.78 is 41.4. The van der Waals surface area contributed by atoms with E-state index in [0.29, 0.717) is 26.4 Å². The van der Waals surface area contributed by atoms with E-state index in [-0.39, 0.29) is 13.2 Å². The first-order chi connectivity index (χ1) is 16.5. The van der Waals surface area contributed by atoms with Crippen molar-refractivity contribution < 1.29 is 22.6 Å². The molecule has 1 aliphatic rings. The number of methoxy groups -OCH3 is 1. The molecule has 1 heterocycles. The van der Waals surface area contributed by atoms with Crippen LogP contribution in [0.4, 0.5) is 5.69 Å². The van der Waals surface area contributed by atoms with Crippen molar-refractivity contribution in [2.75, 3.05) is 64.7 Å². The predicted octanol–water partition coefficient (Wildman–Crippen LogP) is 3.59. The minimum Gasteiger partial charge on any atom is -0.382 e. The van der Waals surface area contributed by atoms with Crippen molar-refractivity contribution in [1.82, 2.24) is 4.31 Å². The van der Waals surface area contributed by atoms with Crippen LogP contribution in [-0.2, 0) is 24.2 Å². The molecule has 184 valence electrons. The molecule has 1 fully saturated rings. The van der Waals surface area contributed by atoms with Crippen molar-refractivity contribution in [2.45, 2.75) is 19.3 Å². The van der Waals surface area contributed by atoms with Crippen LogP contribution in [0.2, 0.25) is 0 Å². The lowest BCUT2D eigenvalue weighted by Gasteiger charge is -2.29. The van der Waals surface area contributed by atoms with Crippen LogP contribution >= 0.6 is 0 Å². The summed E-state index contributed by atoms with van der Waals surface area (Å²) in [5.74, 6) is 0. The molecule has 0 radical (unpaired) electrons. The SMILES string of the molecule is COCCOCCOCCN(C#N)S(=O)(=O)/C=C\c1ccc2cc(N3CCCCC3)ccc2c1. The van der Waals surface area contributed by atoms with Gasteiger partial charge in [0.2, 0.25) is 0 Å². The quantitative estimate of drug-likeness (QED) is 0.242. The zero-order valence-corrected chi connectivity index (χ0v) is 20.5. The lowest BCUT2D eigenvalue weighted by atomic mass is 10.0. The molecule has 0 saturated carbocycles. The third-order valence-electron chi connectivity index (χ3n) is 5.66. The maximum absolute atomic E-state index is 12.6. The van der Waals surface area contributed by atoms with Crippen molar-refractivity contribution in [3.63, 3.8) is 0 Å². The summed E-state index contributed by atoms with van der Waals surface area (Å²) in [6.45, 7) is 3.89. The summed E-state index contributed by atoms with van der Waals surface area (Å²) in [4.78, 5) is 2.41. The topological polar surface area (TPSA) is 92.1 Å². The Labute approximate surface area is 202 Å². The smallest absolute Gasteiger partial charge is 0.265 e. The van der Waals surface area contributed by atoms with Gasteiger partial charge in [0, 0.05) is 25.9 Å². The number of benzene rings is 2. The summed E-state index contributed by atoms with van der Waals surface area (Å²) in [6.07, 6.45) is 6.99. The van der Waals surface area contributed by atoms with Gasteiger partial charge in [0.25, 0.3) is 10.0 Å². The van der Waals surface area contributed by atoms with Crippen molar-refractivity contribution in [1.29, 1.82) is 5.26 Å². The van der Waals surface area contributed by atoms with Gasteiger partial charge in [-0.05, 0) is 59.9 Å². The molecule has 34 heavy (non-hydrogen) atoms. The molecule has 3 rings (SSSR count). The highest BCUT2D eigenvalue weighted by Crippen LogP contribution is 2.26. The molecule has 0 atom stereocenters. The maximum Gasteiger partial charge on any atom is 0.265 e. The van der Waals surface area contributed by atoms with E-state index in [0.717, 1.165) is 39.1 Å². The van der Waals surface area contributed by atoms with E-state index < -0.39 is 10.0 Å². The number of ether oxygens (including phenoxy) is 3. The Morgan fingerprint density at radius 3 is 2.38 bits per heavy atom. The van der Waals surface area contributed by atoms with Crippen molar-refractivity contribution >= 4 is 32.6 Å². The molecule has 2 aromatic rings. The Balaban J connectivity index is 1.55. The van der Waals surface area contributed by atoms with Gasteiger partial charge in [-0.2, -0.15) is 5.26 Å². The second-order valence-electron chi connectivity index (χ2n) is 8.08. The van der Waals surface area contributed by atoms with Crippen molar-refractivity contribution in [3.05, 3.63) is 47.4 Å². The summed E-state index contributed by atoms with van der Waals surface area (Å²) in [5, 5.41) is 12.5. The van der Waals surface area contributed by atoms with Crippen LogP contribution < -0.4 is 4.90 Å². The molecular weight excluding hydrogens is 454 g/mol. The fourth-order valence-electron chi connectivity index (χ4n) is 3.79. The summed E-state index contributed by atoms with van der Waals surface area (Å²) in [6, 6.07) is 12.2. The Morgan fingerprint density at radius 2 is 1.65 bits per heavy atom. The Hall–Kier alpha value is -2.64. The number of rotatable bonds is 13. The molecule has 0 N–H and O–H groups in total. The normalized spacial score (nSPS) is 14.5. The zero-order valence-electron chi connectivity index (χ0n) is 19.7. The number of nitriles is 1. The molecule has 0 bridgehead atoms. The average Bonchev–Trinajstić information content (AvgIpc) is 2.86. The molecule has 9 heteroatoms. The Morgan fingerprint density at radius 1 is 0.971 bits per heavy atom. The first kappa shape index (κ1) is 26.0. The number of nitrogens with zero attached hydrogens (tertiary/aromatic N) is 3. The van der Waals surface area contributed by atoms with E-state index in [2.05, 4.69) is 23.1 Å². The van der Waals surface area contributed by atoms with Crippen LogP contribution in [0.15, 0.2) is 41.8 Å². The fraction of sp³-hybridized carbons (Fsp3) is 0.480. The molecule has 0 amide bonds. The van der Waals surface area contributed by atoms with Gasteiger partial charge < -0.3 is 19.1 Å². The molecular formula is C25H33N3O5S. The zero-order chi connectivity index (χ0) is 24.2. The van der Waals surface area contributed by atoms with Crippen LogP contribution in [0, 0.1) is 11.5 Å². The van der Waals surface area contributed by atoms with Gasteiger partial charge in [-0.25, -0.2) is 12.7 Å². The largest absolute Gasteiger partial charge is 0.382 e. The van der Waals surface area contributed by atoms with E-state index in [9.17, 15) is 13.7 Å². The first-order valence-electron chi connectivity index (χ1n) is 11.6. The van der Waals surface area contributed by atoms with Crippen LogP contribution in [0.3, 0.4) is 0 Å². The van der Waals surface area contributed by atoms with Gasteiger partial charge >= 0.3 is 0 Å². The van der Waals surface area contributed by atoms with Gasteiger partial charge in [0.1, 0.15) is 0 Å². The van der Waals surface area contributed by atoms with E-state index in [1.165, 1.54) is 31.0 Å². The van der Waals surface area contributed by atoms with Gasteiger partial charge in [0.15, 0.2) is 6.19 Å². The molecule has 0 aromatic heterocycles. The minimum atomic E-state index is -3.89. The van der Waals surface area contributed by atoms with Gasteiger partial charge in [-0.1, -0.05) is 18.2 Å². The standard InChI is InChI=1S/C25H33N3O5S/c1-31-14-15-33-17-16-32-13-12-28(21-26)34(29,30)18-9-22-5-6-24-20-25(8-7-23(24)19-22)27-10-3-2-4-11-27/h5-9,18-20H,2-4,10-17H2,1H3/b18-9-. The van der Waals surface area contributed by atoms with Gasteiger partial charge in [0.05, 0.1) is 45.0 Å². The Kier molecular flexibility index (Phi) is 10.2. The third-order valence-corrected chi connectivity index (χ3v) is 7.02. The predicted molar refractivity (Wildman–Crippen MR) is 134 cm³/mol. The first-order valence-corrected chi connectivity index (χ1v) is 13.1. The third kappa shape index (κ3) is 7.71. The van der Waals surface area contributed by atoms with Crippen LogP contribution in [0.5, 0.6) is 0 Å². The molecule has 1 saturated heterocycles. The van der Waals surface area contributed by atoms with Crippen molar-refractivity contribution in [3.8, 4) is 6.19 Å². The monoisotopic (exact) mass is 487 g/mol. The molecule has 1 aliphatic heterocycles. The van der Waals surface area contributed by atoms with Crippen LogP contribution in [0.25, 0.3) is 16.8 Å².